The van der Waals surface area contributed by atoms with Crippen LogP contribution in [0, 0.1) is 6.92 Å². The molecule has 4 aromatic rings. The van der Waals surface area contributed by atoms with Crippen molar-refractivity contribution in [3.63, 3.8) is 0 Å². The highest BCUT2D eigenvalue weighted by molar-refractivity contribution is 6.34. The van der Waals surface area contributed by atoms with Crippen molar-refractivity contribution in [3.8, 4) is 0 Å². The van der Waals surface area contributed by atoms with Crippen LogP contribution in [-0.2, 0) is 11.3 Å². The van der Waals surface area contributed by atoms with Gasteiger partial charge in [-0.15, -0.1) is 10.2 Å². The van der Waals surface area contributed by atoms with Crippen molar-refractivity contribution in [2.45, 2.75) is 32.4 Å². The monoisotopic (exact) mass is 564 g/mol. The largest absolute Gasteiger partial charge is 0.371 e. The Morgan fingerprint density at radius 3 is 2.69 bits per heavy atom. The van der Waals surface area contributed by atoms with Gasteiger partial charge in [-0.05, 0) is 79.1 Å². The number of fused-ring (bicyclic) bond motifs is 1. The average Bonchev–Trinajstić information content (AvgIpc) is 3.37. The molecule has 2 heterocycles. The molecule has 11 heteroatoms. The SMILES string of the molecule is Cc1cc(NC(=O)c2ccccc2Cl)ccc1C(=O)N1CCCC(OCCn2ncnn2)c2cc(Cl)ccc21. The van der Waals surface area contributed by atoms with Crippen molar-refractivity contribution >= 4 is 46.4 Å². The van der Waals surface area contributed by atoms with Crippen LogP contribution in [0.15, 0.2) is 67.0 Å². The van der Waals surface area contributed by atoms with E-state index < -0.39 is 0 Å². The van der Waals surface area contributed by atoms with E-state index in [1.165, 1.54) is 11.1 Å². The highest BCUT2D eigenvalue weighted by Crippen LogP contribution is 2.38. The van der Waals surface area contributed by atoms with Crippen molar-refractivity contribution in [2.75, 3.05) is 23.4 Å². The van der Waals surface area contributed by atoms with Gasteiger partial charge in [0, 0.05) is 34.1 Å². The molecule has 3 aromatic carbocycles. The van der Waals surface area contributed by atoms with E-state index >= 15 is 0 Å². The molecule has 1 aliphatic heterocycles. The Labute approximate surface area is 235 Å². The third-order valence-electron chi connectivity index (χ3n) is 6.56. The molecule has 0 spiro atoms. The Morgan fingerprint density at radius 2 is 1.92 bits per heavy atom. The maximum Gasteiger partial charge on any atom is 0.258 e. The summed E-state index contributed by atoms with van der Waals surface area (Å²) in [5.41, 5.74) is 3.87. The lowest BCUT2D eigenvalue weighted by molar-refractivity contribution is 0.0387. The minimum atomic E-state index is -0.317. The molecule has 1 N–H and O–H groups in total. The van der Waals surface area contributed by atoms with Gasteiger partial charge in [-0.2, -0.15) is 4.80 Å². The fourth-order valence-corrected chi connectivity index (χ4v) is 5.06. The normalized spacial score (nSPS) is 14.9. The van der Waals surface area contributed by atoms with Crippen LogP contribution < -0.4 is 10.2 Å². The van der Waals surface area contributed by atoms with E-state index in [0.717, 1.165) is 29.7 Å². The number of carbonyl (C=O) groups excluding carboxylic acids is 2. The van der Waals surface area contributed by atoms with Crippen LogP contribution in [0.4, 0.5) is 11.4 Å². The molecule has 0 fully saturated rings. The molecule has 1 atom stereocenters. The number of amides is 2. The lowest BCUT2D eigenvalue weighted by Crippen LogP contribution is -2.32. The number of nitrogens with zero attached hydrogens (tertiary/aromatic N) is 5. The Kier molecular flexibility index (Phi) is 8.21. The summed E-state index contributed by atoms with van der Waals surface area (Å²) in [4.78, 5) is 29.7. The molecule has 0 aliphatic carbocycles. The number of hydrogen-bond donors (Lipinski definition) is 1. The summed E-state index contributed by atoms with van der Waals surface area (Å²) in [6, 6.07) is 17.6. The maximum absolute atomic E-state index is 13.8. The molecular formula is C28H26Cl2N6O3. The van der Waals surface area contributed by atoms with Gasteiger partial charge in [0.2, 0.25) is 0 Å². The number of rotatable bonds is 7. The summed E-state index contributed by atoms with van der Waals surface area (Å²) in [5.74, 6) is -0.449. The number of nitrogens with one attached hydrogen (secondary N) is 1. The first-order valence-corrected chi connectivity index (χ1v) is 13.3. The summed E-state index contributed by atoms with van der Waals surface area (Å²) in [6.45, 7) is 3.24. The second-order valence-corrected chi connectivity index (χ2v) is 10.0. The summed E-state index contributed by atoms with van der Waals surface area (Å²) < 4.78 is 6.20. The van der Waals surface area contributed by atoms with Gasteiger partial charge in [0.25, 0.3) is 11.8 Å². The zero-order chi connectivity index (χ0) is 27.4. The molecule has 0 saturated heterocycles. The van der Waals surface area contributed by atoms with E-state index in [1.54, 1.807) is 53.4 Å². The predicted octanol–water partition coefficient (Wildman–Crippen LogP) is 5.74. The van der Waals surface area contributed by atoms with E-state index in [-0.39, 0.29) is 17.9 Å². The minimum absolute atomic E-state index is 0.132. The summed E-state index contributed by atoms with van der Waals surface area (Å²) >= 11 is 12.5. The fourth-order valence-electron chi connectivity index (χ4n) is 4.66. The minimum Gasteiger partial charge on any atom is -0.371 e. The number of carbonyl (C=O) groups is 2. The summed E-state index contributed by atoms with van der Waals surface area (Å²) in [5, 5.41) is 15.4. The van der Waals surface area contributed by atoms with E-state index in [4.69, 9.17) is 27.9 Å². The second-order valence-electron chi connectivity index (χ2n) is 9.16. The number of aryl methyl sites for hydroxylation is 1. The molecule has 1 unspecified atom stereocenters. The van der Waals surface area contributed by atoms with Gasteiger partial charge in [-0.1, -0.05) is 35.3 Å². The quantitative estimate of drug-likeness (QED) is 0.307. The third-order valence-corrected chi connectivity index (χ3v) is 7.12. The van der Waals surface area contributed by atoms with Gasteiger partial charge in [-0.25, -0.2) is 0 Å². The molecule has 39 heavy (non-hydrogen) atoms. The van der Waals surface area contributed by atoms with Crippen LogP contribution in [0.5, 0.6) is 0 Å². The number of anilines is 2. The smallest absolute Gasteiger partial charge is 0.258 e. The van der Waals surface area contributed by atoms with Crippen molar-refractivity contribution in [3.05, 3.63) is 99.3 Å². The molecule has 1 aromatic heterocycles. The first-order valence-electron chi connectivity index (χ1n) is 12.5. The van der Waals surface area contributed by atoms with Crippen LogP contribution in [0.2, 0.25) is 10.0 Å². The predicted molar refractivity (Wildman–Crippen MR) is 149 cm³/mol. The van der Waals surface area contributed by atoms with Crippen LogP contribution in [0.1, 0.15) is 50.8 Å². The second kappa shape index (κ2) is 11.9. The van der Waals surface area contributed by atoms with Gasteiger partial charge < -0.3 is 15.0 Å². The lowest BCUT2D eigenvalue weighted by atomic mass is 10.0. The summed E-state index contributed by atoms with van der Waals surface area (Å²) in [7, 11) is 0. The van der Waals surface area contributed by atoms with Crippen molar-refractivity contribution in [2.24, 2.45) is 0 Å². The Bertz CT molecular complexity index is 1490. The molecule has 1 aliphatic rings. The lowest BCUT2D eigenvalue weighted by Gasteiger charge is -2.25. The highest BCUT2D eigenvalue weighted by Gasteiger charge is 2.29. The standard InChI is InChI=1S/C28H26Cl2N6O3/c1-18-15-20(33-27(37)22-5-2-3-6-24(22)30)9-10-21(18)28(38)35-12-4-7-26(23-16-19(29)8-11-25(23)35)39-14-13-36-32-17-31-34-36/h2-3,5-6,8-11,15-17,26H,4,7,12-14H2,1H3,(H,33,37). The van der Waals surface area contributed by atoms with Gasteiger partial charge in [0.05, 0.1) is 29.8 Å². The zero-order valence-corrected chi connectivity index (χ0v) is 22.7. The number of aromatic nitrogens is 4. The number of hydrogen-bond acceptors (Lipinski definition) is 6. The molecular weight excluding hydrogens is 539 g/mol. The van der Waals surface area contributed by atoms with Crippen molar-refractivity contribution in [1.82, 2.24) is 20.2 Å². The third kappa shape index (κ3) is 6.11. The summed E-state index contributed by atoms with van der Waals surface area (Å²) in [6.07, 6.45) is 2.62. The topological polar surface area (TPSA) is 102 Å². The van der Waals surface area contributed by atoms with E-state index in [2.05, 4.69) is 20.7 Å². The van der Waals surface area contributed by atoms with Crippen LogP contribution in [-0.4, -0.2) is 45.2 Å². The highest BCUT2D eigenvalue weighted by atomic mass is 35.5. The van der Waals surface area contributed by atoms with Crippen LogP contribution >= 0.6 is 23.2 Å². The van der Waals surface area contributed by atoms with Crippen molar-refractivity contribution in [1.29, 1.82) is 0 Å². The Morgan fingerprint density at radius 1 is 1.08 bits per heavy atom. The molecule has 0 saturated carbocycles. The van der Waals surface area contributed by atoms with E-state index in [1.807, 2.05) is 19.1 Å². The number of halogens is 2. The van der Waals surface area contributed by atoms with Gasteiger partial charge in [0.15, 0.2) is 6.33 Å². The fraction of sp³-hybridized carbons (Fsp3) is 0.250. The molecule has 0 radical (unpaired) electrons. The molecule has 9 nitrogen and oxygen atoms in total. The van der Waals surface area contributed by atoms with Crippen molar-refractivity contribution < 1.29 is 14.3 Å². The first kappa shape index (κ1) is 26.8. The van der Waals surface area contributed by atoms with E-state index in [0.29, 0.717) is 46.6 Å². The number of ether oxygens (including phenoxy) is 1. The number of tetrazole rings is 1. The van der Waals surface area contributed by atoms with Crippen LogP contribution in [0.25, 0.3) is 0 Å². The molecule has 0 bridgehead atoms. The van der Waals surface area contributed by atoms with Gasteiger partial charge >= 0.3 is 0 Å². The molecule has 2 amide bonds. The first-order chi connectivity index (χ1) is 18.9. The van der Waals surface area contributed by atoms with Crippen LogP contribution in [0.3, 0.4) is 0 Å². The average molecular weight is 565 g/mol. The number of benzene rings is 3. The van der Waals surface area contributed by atoms with Gasteiger partial charge in [0.1, 0.15) is 0 Å². The van der Waals surface area contributed by atoms with E-state index in [9.17, 15) is 9.59 Å². The Hall–Kier alpha value is -3.79. The Balaban J connectivity index is 1.34. The maximum atomic E-state index is 13.8. The molecule has 5 rings (SSSR count). The zero-order valence-electron chi connectivity index (χ0n) is 21.2. The molecule has 200 valence electrons. The van der Waals surface area contributed by atoms with Gasteiger partial charge in [-0.3, -0.25) is 9.59 Å².